The van der Waals surface area contributed by atoms with Gasteiger partial charge in [0.2, 0.25) is 0 Å². The van der Waals surface area contributed by atoms with Crippen molar-refractivity contribution in [1.82, 2.24) is 4.90 Å². The average molecular weight is 239 g/mol. The van der Waals surface area contributed by atoms with Gasteiger partial charge in [0.1, 0.15) is 11.5 Å². The van der Waals surface area contributed by atoms with E-state index in [0.29, 0.717) is 6.42 Å². The molecular weight excluding hydrogens is 218 g/mol. The molecule has 1 heterocycles. The smallest absolute Gasteiger partial charge is 0.306 e. The van der Waals surface area contributed by atoms with Crippen molar-refractivity contribution >= 4 is 5.97 Å². The van der Waals surface area contributed by atoms with Gasteiger partial charge in [-0.3, -0.25) is 4.79 Å². The fourth-order valence-corrected chi connectivity index (χ4v) is 1.57. The van der Waals surface area contributed by atoms with Crippen LogP contribution < -0.4 is 0 Å². The van der Waals surface area contributed by atoms with E-state index in [1.165, 1.54) is 0 Å². The highest BCUT2D eigenvalue weighted by molar-refractivity contribution is 5.69. The third-order valence-corrected chi connectivity index (χ3v) is 2.90. The van der Waals surface area contributed by atoms with Gasteiger partial charge in [0.15, 0.2) is 0 Å². The maximum Gasteiger partial charge on any atom is 0.306 e. The standard InChI is InChI=1S/C13H21NO3/c1-10(13(15)16)6-8-14(3)9-7-12-5-4-11(2)17-12/h4-5,10H,6-9H2,1-3H3,(H,15,16). The Hall–Kier alpha value is -1.29. The Morgan fingerprint density at radius 1 is 1.47 bits per heavy atom. The quantitative estimate of drug-likeness (QED) is 0.792. The van der Waals surface area contributed by atoms with Crippen LogP contribution in [0.15, 0.2) is 16.5 Å². The van der Waals surface area contributed by atoms with Crippen molar-refractivity contribution in [3.05, 3.63) is 23.7 Å². The number of hydrogen-bond acceptors (Lipinski definition) is 3. The number of likely N-dealkylation sites (N-methyl/N-ethyl adjacent to an activating group) is 1. The largest absolute Gasteiger partial charge is 0.481 e. The molecule has 0 aliphatic heterocycles. The summed E-state index contributed by atoms with van der Waals surface area (Å²) in [5, 5.41) is 8.77. The number of furan rings is 1. The Balaban J connectivity index is 2.21. The summed E-state index contributed by atoms with van der Waals surface area (Å²) in [7, 11) is 2.00. The number of aryl methyl sites for hydroxylation is 1. The van der Waals surface area contributed by atoms with Gasteiger partial charge >= 0.3 is 5.97 Å². The zero-order chi connectivity index (χ0) is 12.8. The molecule has 0 fully saturated rings. The highest BCUT2D eigenvalue weighted by Gasteiger charge is 2.11. The molecule has 1 unspecified atom stereocenters. The molecular formula is C13H21NO3. The van der Waals surface area contributed by atoms with Crippen molar-refractivity contribution in [3.8, 4) is 0 Å². The van der Waals surface area contributed by atoms with E-state index in [2.05, 4.69) is 4.90 Å². The van der Waals surface area contributed by atoms with Crippen molar-refractivity contribution < 1.29 is 14.3 Å². The Morgan fingerprint density at radius 3 is 2.71 bits per heavy atom. The Labute approximate surface area is 102 Å². The monoisotopic (exact) mass is 239 g/mol. The van der Waals surface area contributed by atoms with Gasteiger partial charge in [-0.1, -0.05) is 6.92 Å². The topological polar surface area (TPSA) is 53.7 Å². The van der Waals surface area contributed by atoms with Gasteiger partial charge in [-0.2, -0.15) is 0 Å². The third-order valence-electron chi connectivity index (χ3n) is 2.90. The first-order valence-corrected chi connectivity index (χ1v) is 5.95. The van der Waals surface area contributed by atoms with Crippen LogP contribution in [0.1, 0.15) is 24.9 Å². The van der Waals surface area contributed by atoms with Gasteiger partial charge in [0, 0.05) is 13.0 Å². The number of carboxylic acid groups (broad SMARTS) is 1. The van der Waals surface area contributed by atoms with Crippen LogP contribution in [-0.4, -0.2) is 36.1 Å². The first kappa shape index (κ1) is 13.8. The van der Waals surface area contributed by atoms with E-state index in [4.69, 9.17) is 9.52 Å². The van der Waals surface area contributed by atoms with Crippen LogP contribution in [0.4, 0.5) is 0 Å². The molecule has 1 aromatic rings. The van der Waals surface area contributed by atoms with E-state index in [1.54, 1.807) is 6.92 Å². The molecule has 0 spiro atoms. The van der Waals surface area contributed by atoms with Crippen LogP contribution in [0.3, 0.4) is 0 Å². The van der Waals surface area contributed by atoms with Crippen LogP contribution >= 0.6 is 0 Å². The molecule has 1 aromatic heterocycles. The molecule has 1 rings (SSSR count). The third kappa shape index (κ3) is 5.04. The van der Waals surface area contributed by atoms with E-state index in [0.717, 1.165) is 31.0 Å². The Bertz CT molecular complexity index is 359. The van der Waals surface area contributed by atoms with Crippen LogP contribution in [0.5, 0.6) is 0 Å². The van der Waals surface area contributed by atoms with E-state index in [-0.39, 0.29) is 5.92 Å². The second-order valence-corrected chi connectivity index (χ2v) is 4.59. The highest BCUT2D eigenvalue weighted by Crippen LogP contribution is 2.08. The van der Waals surface area contributed by atoms with Gasteiger partial charge < -0.3 is 14.4 Å². The minimum atomic E-state index is -0.722. The summed E-state index contributed by atoms with van der Waals surface area (Å²) in [6, 6.07) is 3.95. The second-order valence-electron chi connectivity index (χ2n) is 4.59. The molecule has 4 heteroatoms. The summed E-state index contributed by atoms with van der Waals surface area (Å²) >= 11 is 0. The second kappa shape index (κ2) is 6.45. The summed E-state index contributed by atoms with van der Waals surface area (Å²) in [5.41, 5.74) is 0. The lowest BCUT2D eigenvalue weighted by Crippen LogP contribution is -2.25. The minimum Gasteiger partial charge on any atom is -0.481 e. The summed E-state index contributed by atoms with van der Waals surface area (Å²) in [4.78, 5) is 12.8. The summed E-state index contributed by atoms with van der Waals surface area (Å²) in [6.45, 7) is 5.36. The predicted molar refractivity (Wildman–Crippen MR) is 66.1 cm³/mol. The molecule has 96 valence electrons. The van der Waals surface area contributed by atoms with E-state index in [9.17, 15) is 4.79 Å². The predicted octanol–water partition coefficient (Wildman–Crippen LogP) is 2.17. The summed E-state index contributed by atoms with van der Waals surface area (Å²) in [6.07, 6.45) is 1.55. The first-order chi connectivity index (χ1) is 7.99. The Morgan fingerprint density at radius 2 is 2.18 bits per heavy atom. The molecule has 0 saturated heterocycles. The van der Waals surface area contributed by atoms with Gasteiger partial charge in [-0.05, 0) is 39.1 Å². The average Bonchev–Trinajstić information content (AvgIpc) is 2.69. The molecule has 1 atom stereocenters. The van der Waals surface area contributed by atoms with E-state index >= 15 is 0 Å². The van der Waals surface area contributed by atoms with E-state index < -0.39 is 5.97 Å². The molecule has 0 bridgehead atoms. The zero-order valence-corrected chi connectivity index (χ0v) is 10.8. The number of carboxylic acids is 1. The zero-order valence-electron chi connectivity index (χ0n) is 10.8. The summed E-state index contributed by atoms with van der Waals surface area (Å²) < 4.78 is 5.48. The molecule has 0 amide bonds. The van der Waals surface area contributed by atoms with Crippen molar-refractivity contribution in [3.63, 3.8) is 0 Å². The fourth-order valence-electron chi connectivity index (χ4n) is 1.57. The lowest BCUT2D eigenvalue weighted by atomic mass is 10.1. The van der Waals surface area contributed by atoms with Gasteiger partial charge in [-0.25, -0.2) is 0 Å². The van der Waals surface area contributed by atoms with Crippen LogP contribution in [0.2, 0.25) is 0 Å². The molecule has 0 aliphatic rings. The van der Waals surface area contributed by atoms with Crippen molar-refractivity contribution in [2.45, 2.75) is 26.7 Å². The number of aliphatic carboxylic acids is 1. The van der Waals surface area contributed by atoms with Gasteiger partial charge in [0.25, 0.3) is 0 Å². The SMILES string of the molecule is Cc1ccc(CCN(C)CCC(C)C(=O)O)o1. The number of hydrogen-bond donors (Lipinski definition) is 1. The molecule has 17 heavy (non-hydrogen) atoms. The van der Waals surface area contributed by atoms with Crippen molar-refractivity contribution in [2.75, 3.05) is 20.1 Å². The van der Waals surface area contributed by atoms with Crippen LogP contribution in [-0.2, 0) is 11.2 Å². The molecule has 0 radical (unpaired) electrons. The number of carbonyl (C=O) groups is 1. The first-order valence-electron chi connectivity index (χ1n) is 5.95. The van der Waals surface area contributed by atoms with Crippen LogP contribution in [0, 0.1) is 12.8 Å². The lowest BCUT2D eigenvalue weighted by Gasteiger charge is -2.17. The van der Waals surface area contributed by atoms with Crippen molar-refractivity contribution in [2.24, 2.45) is 5.92 Å². The lowest BCUT2D eigenvalue weighted by molar-refractivity contribution is -0.141. The molecule has 1 N–H and O–H groups in total. The fraction of sp³-hybridized carbons (Fsp3) is 0.615. The minimum absolute atomic E-state index is 0.275. The normalized spacial score (nSPS) is 12.9. The van der Waals surface area contributed by atoms with Gasteiger partial charge in [-0.15, -0.1) is 0 Å². The molecule has 0 aliphatic carbocycles. The maximum absolute atomic E-state index is 10.7. The van der Waals surface area contributed by atoms with Crippen LogP contribution in [0.25, 0.3) is 0 Å². The summed E-state index contributed by atoms with van der Waals surface area (Å²) in [5.74, 6) is 0.922. The van der Waals surface area contributed by atoms with Crippen molar-refractivity contribution in [1.29, 1.82) is 0 Å². The Kier molecular flexibility index (Phi) is 5.22. The number of nitrogens with zero attached hydrogens (tertiary/aromatic N) is 1. The number of rotatable bonds is 7. The van der Waals surface area contributed by atoms with E-state index in [1.807, 2.05) is 26.1 Å². The highest BCUT2D eigenvalue weighted by atomic mass is 16.4. The maximum atomic E-state index is 10.7. The van der Waals surface area contributed by atoms with Gasteiger partial charge in [0.05, 0.1) is 5.92 Å². The molecule has 0 aromatic carbocycles. The molecule has 4 nitrogen and oxygen atoms in total. The molecule has 0 saturated carbocycles.